The number of rotatable bonds is 4. The van der Waals surface area contributed by atoms with Crippen LogP contribution in [0.5, 0.6) is 0 Å². The van der Waals surface area contributed by atoms with Crippen LogP contribution in [-0.4, -0.2) is 47.2 Å². The molecule has 0 radical (unpaired) electrons. The van der Waals surface area contributed by atoms with E-state index < -0.39 is 5.97 Å². The minimum atomic E-state index is -0.475. The monoisotopic (exact) mass is 266 g/mol. The van der Waals surface area contributed by atoms with Gasteiger partial charge in [0, 0.05) is 6.54 Å². The number of nitrogen functional groups attached to an aromatic ring is 1. The van der Waals surface area contributed by atoms with E-state index in [9.17, 15) is 4.79 Å². The van der Waals surface area contributed by atoms with E-state index in [1.165, 1.54) is 20.0 Å². The van der Waals surface area contributed by atoms with Gasteiger partial charge in [0.1, 0.15) is 5.82 Å². The van der Waals surface area contributed by atoms with Crippen molar-refractivity contribution >= 4 is 11.8 Å². The molecule has 0 spiro atoms. The van der Waals surface area contributed by atoms with Crippen molar-refractivity contribution < 1.29 is 9.53 Å². The van der Waals surface area contributed by atoms with Gasteiger partial charge in [0.2, 0.25) is 0 Å². The number of hydrogen-bond donors (Lipinski definition) is 1. The molecule has 19 heavy (non-hydrogen) atoms. The topological polar surface area (TPSA) is 73.4 Å². The summed E-state index contributed by atoms with van der Waals surface area (Å²) >= 11 is 0. The second kappa shape index (κ2) is 6.06. The van der Waals surface area contributed by atoms with Gasteiger partial charge in [0.15, 0.2) is 5.69 Å². The van der Waals surface area contributed by atoms with Crippen LogP contribution >= 0.6 is 0 Å². The number of nitrogens with two attached hydrogens (primary N) is 1. The highest BCUT2D eigenvalue weighted by atomic mass is 16.5. The van der Waals surface area contributed by atoms with Crippen LogP contribution in [0.4, 0.5) is 5.82 Å². The van der Waals surface area contributed by atoms with E-state index in [2.05, 4.69) is 21.5 Å². The van der Waals surface area contributed by atoms with Crippen LogP contribution < -0.4 is 5.73 Å². The lowest BCUT2D eigenvalue weighted by Gasteiger charge is -2.31. The smallest absolute Gasteiger partial charge is 0.360 e. The Hall–Kier alpha value is -1.56. The van der Waals surface area contributed by atoms with Gasteiger partial charge in [-0.15, -0.1) is 0 Å². The third-order valence-corrected chi connectivity index (χ3v) is 3.87. The van der Waals surface area contributed by atoms with E-state index >= 15 is 0 Å². The molecule has 2 rings (SSSR count). The molecule has 1 aliphatic heterocycles. The van der Waals surface area contributed by atoms with Crippen LogP contribution in [0.2, 0.25) is 0 Å². The highest BCUT2D eigenvalue weighted by molar-refractivity contribution is 5.91. The van der Waals surface area contributed by atoms with Crippen LogP contribution in [0.3, 0.4) is 0 Å². The molecule has 1 aromatic heterocycles. The maximum Gasteiger partial charge on any atom is 0.360 e. The summed E-state index contributed by atoms with van der Waals surface area (Å²) in [5, 5.41) is 0. The van der Waals surface area contributed by atoms with E-state index in [-0.39, 0.29) is 5.69 Å². The molecule has 1 aromatic rings. The summed E-state index contributed by atoms with van der Waals surface area (Å²) in [7, 11) is 1.33. The molecule has 106 valence electrons. The summed E-state index contributed by atoms with van der Waals surface area (Å²) in [6.07, 6.45) is 3.96. The number of methoxy groups -OCH3 is 1. The number of nitrogens with zero attached hydrogens (tertiary/aromatic N) is 3. The number of aromatic nitrogens is 2. The molecular weight excluding hydrogens is 244 g/mol. The lowest BCUT2D eigenvalue weighted by atomic mass is 9.97. The molecule has 0 amide bonds. The van der Waals surface area contributed by atoms with Crippen LogP contribution in [0, 0.1) is 5.92 Å². The van der Waals surface area contributed by atoms with E-state index in [1.807, 2.05) is 4.57 Å². The zero-order valence-corrected chi connectivity index (χ0v) is 11.6. The average Bonchev–Trinajstić information content (AvgIpc) is 2.80. The van der Waals surface area contributed by atoms with Gasteiger partial charge in [-0.3, -0.25) is 0 Å². The maximum atomic E-state index is 11.4. The molecular formula is C13H22N4O2. The largest absolute Gasteiger partial charge is 0.464 e. The number of anilines is 1. The van der Waals surface area contributed by atoms with Crippen molar-refractivity contribution in [2.75, 3.05) is 32.5 Å². The van der Waals surface area contributed by atoms with Gasteiger partial charge < -0.3 is 19.9 Å². The summed E-state index contributed by atoms with van der Waals surface area (Å²) in [6.45, 7) is 6.41. The van der Waals surface area contributed by atoms with Crippen molar-refractivity contribution in [3.63, 3.8) is 0 Å². The first kappa shape index (κ1) is 13.9. The molecule has 0 atom stereocenters. The van der Waals surface area contributed by atoms with E-state index in [1.54, 1.807) is 6.33 Å². The van der Waals surface area contributed by atoms with Crippen molar-refractivity contribution in [3.8, 4) is 0 Å². The quantitative estimate of drug-likeness (QED) is 0.822. The number of imidazole rings is 1. The van der Waals surface area contributed by atoms with Crippen LogP contribution in [0.25, 0.3) is 0 Å². The number of carbonyl (C=O) groups is 1. The second-order valence-electron chi connectivity index (χ2n) is 5.00. The Balaban J connectivity index is 1.97. The third kappa shape index (κ3) is 3.07. The first-order valence-electron chi connectivity index (χ1n) is 6.77. The van der Waals surface area contributed by atoms with Gasteiger partial charge >= 0.3 is 5.97 Å². The molecule has 6 heteroatoms. The highest BCUT2D eigenvalue weighted by Crippen LogP contribution is 2.21. The fraction of sp³-hybridized carbons (Fsp3) is 0.692. The van der Waals surface area contributed by atoms with E-state index in [4.69, 9.17) is 5.73 Å². The normalized spacial score (nSPS) is 17.6. The number of hydrogen-bond acceptors (Lipinski definition) is 5. The molecule has 0 saturated carbocycles. The van der Waals surface area contributed by atoms with Crippen LogP contribution in [0.1, 0.15) is 30.3 Å². The van der Waals surface area contributed by atoms with Gasteiger partial charge in [0.25, 0.3) is 0 Å². The van der Waals surface area contributed by atoms with Gasteiger partial charge in [0.05, 0.1) is 13.4 Å². The molecule has 0 aromatic carbocycles. The minimum Gasteiger partial charge on any atom is -0.464 e. The van der Waals surface area contributed by atoms with Gasteiger partial charge in [-0.05, 0) is 38.4 Å². The van der Waals surface area contributed by atoms with Gasteiger partial charge in [-0.1, -0.05) is 6.92 Å². The molecule has 6 nitrogen and oxygen atoms in total. The Labute approximate surface area is 113 Å². The molecule has 1 aliphatic rings. The fourth-order valence-corrected chi connectivity index (χ4v) is 2.55. The Morgan fingerprint density at radius 2 is 2.21 bits per heavy atom. The summed E-state index contributed by atoms with van der Waals surface area (Å²) in [5.74, 6) is 0.534. The first-order valence-corrected chi connectivity index (χ1v) is 6.77. The predicted octanol–water partition coefficient (Wildman–Crippen LogP) is 0.984. The summed E-state index contributed by atoms with van der Waals surface area (Å²) in [6, 6.07) is 0. The van der Waals surface area contributed by atoms with Crippen molar-refractivity contribution in [2.45, 2.75) is 26.3 Å². The fourth-order valence-electron chi connectivity index (χ4n) is 2.55. The molecule has 1 fully saturated rings. The summed E-state index contributed by atoms with van der Waals surface area (Å²) < 4.78 is 6.51. The van der Waals surface area contributed by atoms with Crippen molar-refractivity contribution in [1.82, 2.24) is 14.5 Å². The molecule has 0 unspecified atom stereocenters. The lowest BCUT2D eigenvalue weighted by Crippen LogP contribution is -2.34. The summed E-state index contributed by atoms with van der Waals surface area (Å²) in [4.78, 5) is 17.9. The number of likely N-dealkylation sites (tertiary alicyclic amines) is 1. The van der Waals surface area contributed by atoms with E-state index in [0.717, 1.165) is 26.2 Å². The summed E-state index contributed by atoms with van der Waals surface area (Å²) in [5.41, 5.74) is 6.16. The van der Waals surface area contributed by atoms with Crippen molar-refractivity contribution in [1.29, 1.82) is 0 Å². The molecule has 1 saturated heterocycles. The minimum absolute atomic E-state index is 0.216. The highest BCUT2D eigenvalue weighted by Gasteiger charge is 2.21. The first-order chi connectivity index (χ1) is 9.15. The number of piperidine rings is 1. The second-order valence-corrected chi connectivity index (χ2v) is 5.00. The Morgan fingerprint density at radius 3 is 2.79 bits per heavy atom. The van der Waals surface area contributed by atoms with Crippen molar-refractivity contribution in [3.05, 3.63) is 12.0 Å². The number of carbonyl (C=O) groups excluding carboxylic acids is 1. The van der Waals surface area contributed by atoms with Gasteiger partial charge in [-0.2, -0.15) is 0 Å². The van der Waals surface area contributed by atoms with Crippen LogP contribution in [0.15, 0.2) is 6.33 Å². The molecule has 2 heterocycles. The Bertz CT molecular complexity index is 436. The van der Waals surface area contributed by atoms with E-state index in [0.29, 0.717) is 11.7 Å². The predicted molar refractivity (Wildman–Crippen MR) is 72.8 cm³/mol. The zero-order valence-electron chi connectivity index (χ0n) is 11.6. The zero-order chi connectivity index (χ0) is 13.8. The average molecular weight is 266 g/mol. The molecule has 0 bridgehead atoms. The number of esters is 1. The molecule has 2 N–H and O–H groups in total. The Kier molecular flexibility index (Phi) is 4.42. The standard InChI is InChI=1S/C13H22N4O2/c1-3-16-6-4-10(5-7-16)8-17-9-15-11(12(17)14)13(18)19-2/h9-10H,3-8,14H2,1-2H3. The third-order valence-electron chi connectivity index (χ3n) is 3.87. The lowest BCUT2D eigenvalue weighted by molar-refractivity contribution is 0.0596. The van der Waals surface area contributed by atoms with Crippen LogP contribution in [-0.2, 0) is 11.3 Å². The SMILES string of the molecule is CCN1CCC(Cn2cnc(C(=O)OC)c2N)CC1. The molecule has 0 aliphatic carbocycles. The van der Waals surface area contributed by atoms with Gasteiger partial charge in [-0.25, -0.2) is 9.78 Å². The maximum absolute atomic E-state index is 11.4. The number of ether oxygens (including phenoxy) is 1. The Morgan fingerprint density at radius 1 is 1.53 bits per heavy atom. The van der Waals surface area contributed by atoms with Crippen molar-refractivity contribution in [2.24, 2.45) is 5.92 Å².